The second-order valence-corrected chi connectivity index (χ2v) is 6.78. The van der Waals surface area contributed by atoms with Gasteiger partial charge in [0.05, 0.1) is 17.1 Å². The molecule has 0 spiro atoms. The molecule has 1 aliphatic carbocycles. The van der Waals surface area contributed by atoms with E-state index >= 15 is 0 Å². The maximum absolute atomic E-state index is 11.4. The molecule has 1 aromatic rings. The third-order valence-electron chi connectivity index (χ3n) is 5.90. The van der Waals surface area contributed by atoms with E-state index in [1.165, 1.54) is 11.1 Å². The Hall–Kier alpha value is -1.37. The van der Waals surface area contributed by atoms with Crippen LogP contribution in [-0.2, 0) is 12.8 Å². The first kappa shape index (κ1) is 12.4. The van der Waals surface area contributed by atoms with Gasteiger partial charge in [-0.2, -0.15) is 5.26 Å². The average molecular weight is 268 g/mol. The van der Waals surface area contributed by atoms with Gasteiger partial charge in [0.25, 0.3) is 0 Å². The summed E-state index contributed by atoms with van der Waals surface area (Å²) in [5.74, 6) is 0.269. The zero-order valence-corrected chi connectivity index (χ0v) is 11.7. The van der Waals surface area contributed by atoms with Crippen molar-refractivity contribution in [2.45, 2.75) is 31.3 Å². The molecule has 3 heteroatoms. The lowest BCUT2D eigenvalue weighted by Gasteiger charge is -2.47. The average Bonchev–Trinajstić information content (AvgIpc) is 3.06. The first-order valence-corrected chi connectivity index (χ1v) is 7.60. The minimum absolute atomic E-state index is 0.269. The summed E-state index contributed by atoms with van der Waals surface area (Å²) in [6, 6.07) is 10.8. The van der Waals surface area contributed by atoms with Gasteiger partial charge in [-0.3, -0.25) is 0 Å². The van der Waals surface area contributed by atoms with Crippen molar-refractivity contribution in [1.82, 2.24) is 4.90 Å². The van der Waals surface area contributed by atoms with Gasteiger partial charge in [-0.15, -0.1) is 0 Å². The van der Waals surface area contributed by atoms with Crippen LogP contribution in [0, 0.1) is 22.7 Å². The first-order valence-electron chi connectivity index (χ1n) is 7.60. The number of hydrogen-bond donors (Lipinski definition) is 1. The lowest BCUT2D eigenvalue weighted by molar-refractivity contribution is -0.117. The Kier molecular flexibility index (Phi) is 2.52. The van der Waals surface area contributed by atoms with Gasteiger partial charge in [0.1, 0.15) is 0 Å². The van der Waals surface area contributed by atoms with Gasteiger partial charge in [-0.25, -0.2) is 0 Å². The predicted octanol–water partition coefficient (Wildman–Crippen LogP) is 1.75. The number of nitriles is 1. The molecule has 4 rings (SSSR count). The Labute approximate surface area is 119 Å². The molecule has 2 bridgehead atoms. The molecular weight excluding hydrogens is 248 g/mol. The normalized spacial score (nSPS) is 37.4. The van der Waals surface area contributed by atoms with Gasteiger partial charge in [0, 0.05) is 19.0 Å². The molecule has 3 unspecified atom stereocenters. The van der Waals surface area contributed by atoms with Crippen LogP contribution < -0.4 is 0 Å². The number of piperidine rings is 1. The van der Waals surface area contributed by atoms with Crippen LogP contribution in [0.4, 0.5) is 0 Å². The summed E-state index contributed by atoms with van der Waals surface area (Å²) in [7, 11) is 0. The maximum Gasteiger partial charge on any atom is 0.0944 e. The maximum atomic E-state index is 11.4. The number of benzene rings is 1. The number of rotatable bonds is 1. The Balaban J connectivity index is 1.75. The number of nitrogens with zero attached hydrogens (tertiary/aromatic N) is 2. The molecule has 3 aliphatic rings. The molecule has 3 atom stereocenters. The van der Waals surface area contributed by atoms with E-state index in [-0.39, 0.29) is 5.92 Å². The molecule has 104 valence electrons. The Morgan fingerprint density at radius 3 is 2.55 bits per heavy atom. The fourth-order valence-electron chi connectivity index (χ4n) is 4.69. The molecule has 2 fully saturated rings. The van der Waals surface area contributed by atoms with Crippen molar-refractivity contribution >= 4 is 0 Å². The zero-order chi connectivity index (χ0) is 13.8. The standard InChI is InChI=1S/C17H20N2O/c18-12-16(9-13-3-1-2-4-14(13)10-16)17(20)6-8-19-7-5-15(17)11-19/h1-4,15,20H,5-11H2. The van der Waals surface area contributed by atoms with Crippen LogP contribution in [0.1, 0.15) is 24.0 Å². The lowest BCUT2D eigenvalue weighted by Crippen LogP contribution is -2.57. The van der Waals surface area contributed by atoms with Crippen LogP contribution in [0.3, 0.4) is 0 Å². The molecular formula is C17H20N2O. The molecule has 3 nitrogen and oxygen atoms in total. The summed E-state index contributed by atoms with van der Waals surface area (Å²) in [5, 5.41) is 21.3. The van der Waals surface area contributed by atoms with Gasteiger partial charge in [0.2, 0.25) is 0 Å². The van der Waals surface area contributed by atoms with Crippen molar-refractivity contribution in [2.24, 2.45) is 11.3 Å². The van der Waals surface area contributed by atoms with E-state index in [1.807, 2.05) is 12.1 Å². The highest BCUT2D eigenvalue weighted by Gasteiger charge is 2.60. The second-order valence-electron chi connectivity index (χ2n) is 6.78. The largest absolute Gasteiger partial charge is 0.388 e. The molecule has 2 saturated heterocycles. The highest BCUT2D eigenvalue weighted by molar-refractivity contribution is 5.40. The molecule has 0 aromatic heterocycles. The molecule has 0 saturated carbocycles. The van der Waals surface area contributed by atoms with Crippen LogP contribution >= 0.6 is 0 Å². The Morgan fingerprint density at radius 1 is 1.20 bits per heavy atom. The highest BCUT2D eigenvalue weighted by Crippen LogP contribution is 2.52. The van der Waals surface area contributed by atoms with Crippen LogP contribution in [0.25, 0.3) is 0 Å². The summed E-state index contributed by atoms with van der Waals surface area (Å²) in [6.45, 7) is 2.99. The smallest absolute Gasteiger partial charge is 0.0944 e. The molecule has 0 amide bonds. The van der Waals surface area contributed by atoms with Crippen LogP contribution in [0.2, 0.25) is 0 Å². The van der Waals surface area contributed by atoms with Crippen molar-refractivity contribution in [3.63, 3.8) is 0 Å². The molecule has 2 heterocycles. The summed E-state index contributed by atoms with van der Waals surface area (Å²) in [5.41, 5.74) is 1.08. The van der Waals surface area contributed by atoms with Crippen molar-refractivity contribution in [3.8, 4) is 6.07 Å². The predicted molar refractivity (Wildman–Crippen MR) is 76.0 cm³/mol. The Bertz CT molecular complexity index is 566. The molecule has 2 aliphatic heterocycles. The zero-order valence-electron chi connectivity index (χ0n) is 11.7. The summed E-state index contributed by atoms with van der Waals surface area (Å²) >= 11 is 0. The number of hydrogen-bond acceptors (Lipinski definition) is 3. The first-order chi connectivity index (χ1) is 9.67. The van der Waals surface area contributed by atoms with E-state index in [1.54, 1.807) is 0 Å². The minimum Gasteiger partial charge on any atom is -0.388 e. The third-order valence-corrected chi connectivity index (χ3v) is 5.90. The highest BCUT2D eigenvalue weighted by atomic mass is 16.3. The third kappa shape index (κ3) is 1.47. The van der Waals surface area contributed by atoms with Crippen molar-refractivity contribution < 1.29 is 5.11 Å². The Morgan fingerprint density at radius 2 is 1.90 bits per heavy atom. The quantitative estimate of drug-likeness (QED) is 0.844. The van der Waals surface area contributed by atoms with Gasteiger partial charge < -0.3 is 10.0 Å². The summed E-state index contributed by atoms with van der Waals surface area (Å²) in [6.07, 6.45) is 3.22. The summed E-state index contributed by atoms with van der Waals surface area (Å²) in [4.78, 5) is 2.42. The van der Waals surface area contributed by atoms with E-state index < -0.39 is 11.0 Å². The fourth-order valence-corrected chi connectivity index (χ4v) is 4.69. The van der Waals surface area contributed by atoms with Crippen LogP contribution in [0.5, 0.6) is 0 Å². The van der Waals surface area contributed by atoms with E-state index in [9.17, 15) is 10.4 Å². The van der Waals surface area contributed by atoms with E-state index in [2.05, 4.69) is 23.1 Å². The van der Waals surface area contributed by atoms with E-state index in [0.717, 1.165) is 32.5 Å². The van der Waals surface area contributed by atoms with Gasteiger partial charge in [0.15, 0.2) is 0 Å². The second kappa shape index (κ2) is 4.07. The van der Waals surface area contributed by atoms with E-state index in [4.69, 9.17) is 0 Å². The monoisotopic (exact) mass is 268 g/mol. The summed E-state index contributed by atoms with van der Waals surface area (Å²) < 4.78 is 0. The van der Waals surface area contributed by atoms with Crippen LogP contribution in [0.15, 0.2) is 24.3 Å². The number of aliphatic hydroxyl groups is 1. The SMILES string of the molecule is N#CC1(C2(O)CCN3CCC2C3)Cc2ccccc2C1. The lowest BCUT2D eigenvalue weighted by atomic mass is 9.62. The van der Waals surface area contributed by atoms with Gasteiger partial charge in [-0.05, 0) is 43.4 Å². The molecule has 20 heavy (non-hydrogen) atoms. The molecule has 1 N–H and O–H groups in total. The van der Waals surface area contributed by atoms with Crippen molar-refractivity contribution in [2.75, 3.05) is 19.6 Å². The minimum atomic E-state index is -0.812. The fraction of sp³-hybridized carbons (Fsp3) is 0.588. The van der Waals surface area contributed by atoms with Gasteiger partial charge >= 0.3 is 0 Å². The molecule has 0 radical (unpaired) electrons. The molecule has 1 aromatic carbocycles. The topological polar surface area (TPSA) is 47.3 Å². The van der Waals surface area contributed by atoms with Crippen LogP contribution in [-0.4, -0.2) is 35.2 Å². The van der Waals surface area contributed by atoms with E-state index in [0.29, 0.717) is 12.8 Å². The van der Waals surface area contributed by atoms with Crippen molar-refractivity contribution in [1.29, 1.82) is 5.26 Å². The van der Waals surface area contributed by atoms with Crippen molar-refractivity contribution in [3.05, 3.63) is 35.4 Å². The number of fused-ring (bicyclic) bond motifs is 3. The van der Waals surface area contributed by atoms with Gasteiger partial charge in [-0.1, -0.05) is 24.3 Å².